The number of carbonyl (C=O) groups excluding carboxylic acids is 1. The van der Waals surface area contributed by atoms with Crippen molar-refractivity contribution in [2.24, 2.45) is 0 Å². The zero-order valence-corrected chi connectivity index (χ0v) is 20.6. The van der Waals surface area contributed by atoms with Crippen molar-refractivity contribution in [2.45, 2.75) is 13.8 Å². The van der Waals surface area contributed by atoms with Gasteiger partial charge in [0, 0.05) is 43.9 Å². The Bertz CT molecular complexity index is 1470. The quantitative estimate of drug-likeness (QED) is 0.280. The number of carbonyl (C=O) groups is 1. The number of piperazine rings is 1. The van der Waals surface area contributed by atoms with E-state index in [9.17, 15) is 19.3 Å². The Kier molecular flexibility index (Phi) is 6.43. The number of halogens is 1. The second-order valence-electron chi connectivity index (χ2n) is 9.15. The smallest absolute Gasteiger partial charge is 0.272 e. The first-order valence-corrected chi connectivity index (χ1v) is 12.0. The monoisotopic (exact) mass is 499 g/mol. The fraction of sp³-hybridized carbons (Fsp3) is 0.214. The van der Waals surface area contributed by atoms with E-state index in [0.717, 1.165) is 16.8 Å². The number of nitro benzene ring substituents is 1. The van der Waals surface area contributed by atoms with Gasteiger partial charge in [-0.15, -0.1) is 0 Å². The molecule has 188 valence electrons. The van der Waals surface area contributed by atoms with Crippen molar-refractivity contribution in [2.75, 3.05) is 31.1 Å². The van der Waals surface area contributed by atoms with Crippen molar-refractivity contribution in [1.82, 2.24) is 14.7 Å². The number of non-ortho nitro benzene ring substituents is 1. The van der Waals surface area contributed by atoms with Gasteiger partial charge in [-0.1, -0.05) is 24.3 Å². The fourth-order valence-electron chi connectivity index (χ4n) is 4.58. The van der Waals surface area contributed by atoms with Crippen molar-refractivity contribution in [1.29, 1.82) is 0 Å². The van der Waals surface area contributed by atoms with E-state index in [-0.39, 0.29) is 17.4 Å². The van der Waals surface area contributed by atoms with Gasteiger partial charge in [0.05, 0.1) is 22.0 Å². The largest absolute Gasteiger partial charge is 0.366 e. The summed E-state index contributed by atoms with van der Waals surface area (Å²) in [5.74, 6) is -0.447. The second kappa shape index (κ2) is 9.85. The lowest BCUT2D eigenvalue weighted by molar-refractivity contribution is -0.384. The van der Waals surface area contributed by atoms with E-state index in [0.29, 0.717) is 48.8 Å². The van der Waals surface area contributed by atoms with Crippen molar-refractivity contribution >= 4 is 17.3 Å². The first-order chi connectivity index (χ1) is 17.8. The summed E-state index contributed by atoms with van der Waals surface area (Å²) in [5, 5.41) is 15.8. The summed E-state index contributed by atoms with van der Waals surface area (Å²) in [6.07, 6.45) is 0. The van der Waals surface area contributed by atoms with Crippen LogP contribution >= 0.6 is 0 Å². The topological polar surface area (TPSA) is 84.5 Å². The molecule has 0 unspecified atom stereocenters. The van der Waals surface area contributed by atoms with Crippen LogP contribution < -0.4 is 4.90 Å². The number of amides is 1. The lowest BCUT2D eigenvalue weighted by Crippen LogP contribution is -2.49. The molecule has 37 heavy (non-hydrogen) atoms. The van der Waals surface area contributed by atoms with E-state index in [1.807, 2.05) is 36.9 Å². The summed E-state index contributed by atoms with van der Waals surface area (Å²) in [4.78, 5) is 28.1. The number of benzene rings is 3. The van der Waals surface area contributed by atoms with Gasteiger partial charge in [0.25, 0.3) is 11.6 Å². The minimum atomic E-state index is -0.450. The normalized spacial score (nSPS) is 13.6. The molecule has 0 radical (unpaired) electrons. The Labute approximate surface area is 213 Å². The van der Waals surface area contributed by atoms with Crippen molar-refractivity contribution in [3.8, 4) is 16.9 Å². The zero-order chi connectivity index (χ0) is 26.1. The van der Waals surface area contributed by atoms with E-state index in [4.69, 9.17) is 5.10 Å². The average Bonchev–Trinajstić information content (AvgIpc) is 3.35. The van der Waals surface area contributed by atoms with Crippen LogP contribution in [0.5, 0.6) is 0 Å². The van der Waals surface area contributed by atoms with Crippen molar-refractivity contribution in [3.63, 3.8) is 0 Å². The van der Waals surface area contributed by atoms with E-state index in [2.05, 4.69) is 0 Å². The highest BCUT2D eigenvalue weighted by Gasteiger charge is 2.27. The molecular weight excluding hydrogens is 473 g/mol. The highest BCUT2D eigenvalue weighted by atomic mass is 19.1. The van der Waals surface area contributed by atoms with E-state index < -0.39 is 4.92 Å². The summed E-state index contributed by atoms with van der Waals surface area (Å²) in [6, 6.07) is 20.5. The number of aromatic nitrogens is 2. The van der Waals surface area contributed by atoms with Gasteiger partial charge in [-0.05, 0) is 61.4 Å². The highest BCUT2D eigenvalue weighted by molar-refractivity contribution is 5.94. The summed E-state index contributed by atoms with van der Waals surface area (Å²) in [5.41, 5.74) is 4.93. The van der Waals surface area contributed by atoms with Gasteiger partial charge < -0.3 is 9.80 Å². The maximum atomic E-state index is 14.3. The van der Waals surface area contributed by atoms with Gasteiger partial charge >= 0.3 is 0 Å². The van der Waals surface area contributed by atoms with Crippen LogP contribution in [-0.2, 0) is 0 Å². The van der Waals surface area contributed by atoms with Crippen molar-refractivity contribution in [3.05, 3.63) is 106 Å². The molecule has 5 rings (SSSR count). The SMILES string of the molecule is Cc1ccc(C)c(-n2nc(-c3ccc([N+](=O)[O-])cc3)cc2C(=O)N2CCN(c3ccccc3F)CC2)c1. The summed E-state index contributed by atoms with van der Waals surface area (Å²) in [6.45, 7) is 5.85. The summed E-state index contributed by atoms with van der Waals surface area (Å²) in [7, 11) is 0. The first kappa shape index (κ1) is 24.2. The molecule has 0 spiro atoms. The highest BCUT2D eigenvalue weighted by Crippen LogP contribution is 2.27. The minimum Gasteiger partial charge on any atom is -0.366 e. The number of anilines is 1. The number of aryl methyl sites for hydroxylation is 2. The molecular formula is C28H26FN5O3. The number of hydrogen-bond acceptors (Lipinski definition) is 5. The Morgan fingerprint density at radius 2 is 1.62 bits per heavy atom. The van der Waals surface area contributed by atoms with Crippen LogP contribution in [0.1, 0.15) is 21.6 Å². The third kappa shape index (κ3) is 4.80. The molecule has 1 aromatic heterocycles. The third-order valence-corrected chi connectivity index (χ3v) is 6.66. The van der Waals surface area contributed by atoms with Crippen LogP contribution in [-0.4, -0.2) is 51.7 Å². The molecule has 1 aliphatic rings. The predicted octanol–water partition coefficient (Wildman–Crippen LogP) is 5.17. The Balaban J connectivity index is 1.47. The molecule has 1 amide bonds. The van der Waals surface area contributed by atoms with E-state index >= 15 is 0 Å². The van der Waals surface area contributed by atoms with Crippen LogP contribution in [0.4, 0.5) is 15.8 Å². The molecule has 0 bridgehead atoms. The van der Waals surface area contributed by atoms with Crippen LogP contribution in [0.3, 0.4) is 0 Å². The molecule has 8 nitrogen and oxygen atoms in total. The second-order valence-corrected chi connectivity index (χ2v) is 9.15. The first-order valence-electron chi connectivity index (χ1n) is 12.0. The molecule has 1 aliphatic heterocycles. The number of nitrogens with zero attached hydrogens (tertiary/aromatic N) is 5. The van der Waals surface area contributed by atoms with Gasteiger partial charge in [0.15, 0.2) is 0 Å². The number of hydrogen-bond donors (Lipinski definition) is 0. The Morgan fingerprint density at radius 3 is 2.30 bits per heavy atom. The van der Waals surface area contributed by atoms with Gasteiger partial charge in [-0.3, -0.25) is 14.9 Å². The lowest BCUT2D eigenvalue weighted by atomic mass is 10.1. The maximum absolute atomic E-state index is 14.3. The van der Waals surface area contributed by atoms with Gasteiger partial charge in [-0.25, -0.2) is 9.07 Å². The van der Waals surface area contributed by atoms with Gasteiger partial charge in [0.2, 0.25) is 0 Å². The van der Waals surface area contributed by atoms with Crippen LogP contribution in [0.25, 0.3) is 16.9 Å². The summed E-state index contributed by atoms with van der Waals surface area (Å²) < 4.78 is 15.9. The predicted molar refractivity (Wildman–Crippen MR) is 140 cm³/mol. The molecule has 0 atom stereocenters. The molecule has 1 saturated heterocycles. The Morgan fingerprint density at radius 1 is 0.919 bits per heavy atom. The molecule has 4 aromatic rings. The van der Waals surface area contributed by atoms with Gasteiger partial charge in [0.1, 0.15) is 11.5 Å². The van der Waals surface area contributed by atoms with Crippen molar-refractivity contribution < 1.29 is 14.1 Å². The fourth-order valence-corrected chi connectivity index (χ4v) is 4.58. The van der Waals surface area contributed by atoms with E-state index in [1.165, 1.54) is 18.2 Å². The number of para-hydroxylation sites is 1. The number of rotatable bonds is 5. The molecule has 0 saturated carbocycles. The third-order valence-electron chi connectivity index (χ3n) is 6.66. The molecule has 0 aliphatic carbocycles. The Hall–Kier alpha value is -4.53. The molecule has 1 fully saturated rings. The molecule has 9 heteroatoms. The standard InChI is InChI=1S/C28H26FN5O3/c1-19-7-8-20(2)26(17-19)33-27(18-24(30-33)21-9-11-22(12-10-21)34(36)37)28(35)32-15-13-31(14-16-32)25-6-4-3-5-23(25)29/h3-12,17-18H,13-16H2,1-2H3. The zero-order valence-electron chi connectivity index (χ0n) is 20.6. The minimum absolute atomic E-state index is 0.0123. The number of nitro groups is 1. The molecule has 3 aromatic carbocycles. The van der Waals surface area contributed by atoms with E-state index in [1.54, 1.807) is 46.0 Å². The lowest BCUT2D eigenvalue weighted by Gasteiger charge is -2.36. The molecule has 2 heterocycles. The average molecular weight is 500 g/mol. The van der Waals surface area contributed by atoms with Crippen LogP contribution in [0.15, 0.2) is 72.8 Å². The van der Waals surface area contributed by atoms with Crippen LogP contribution in [0, 0.1) is 29.8 Å². The molecule has 0 N–H and O–H groups in total. The van der Waals surface area contributed by atoms with Gasteiger partial charge in [-0.2, -0.15) is 5.10 Å². The van der Waals surface area contributed by atoms with Crippen LogP contribution in [0.2, 0.25) is 0 Å². The summed E-state index contributed by atoms with van der Waals surface area (Å²) >= 11 is 0. The maximum Gasteiger partial charge on any atom is 0.272 e.